The average Bonchev–Trinajstić information content (AvgIpc) is 3.00. The first-order valence-corrected chi connectivity index (χ1v) is 7.29. The molecule has 1 heterocycles. The number of thiazole rings is 1. The molecule has 1 aliphatic carbocycles. The van der Waals surface area contributed by atoms with E-state index in [0.717, 1.165) is 12.8 Å². The second kappa shape index (κ2) is 5.75. The van der Waals surface area contributed by atoms with E-state index in [2.05, 4.69) is 15.6 Å². The molecule has 0 bridgehead atoms. The molecule has 1 aromatic rings. The summed E-state index contributed by atoms with van der Waals surface area (Å²) in [5.74, 6) is 0.0295. The van der Waals surface area contributed by atoms with Gasteiger partial charge in [-0.1, -0.05) is 11.3 Å². The maximum absolute atomic E-state index is 12.0. The average molecular weight is 284 g/mol. The number of nitrogen functional groups attached to an aromatic ring is 1. The Bertz CT molecular complexity index is 457. The molecular formula is C12H20N4O2S. The van der Waals surface area contributed by atoms with Crippen LogP contribution in [0.5, 0.6) is 0 Å². The summed E-state index contributed by atoms with van der Waals surface area (Å²) in [5, 5.41) is 16.0. The fourth-order valence-electron chi connectivity index (χ4n) is 1.82. The van der Waals surface area contributed by atoms with Crippen LogP contribution in [0.3, 0.4) is 0 Å². The van der Waals surface area contributed by atoms with E-state index in [1.165, 1.54) is 11.3 Å². The quantitative estimate of drug-likeness (QED) is 0.628. The van der Waals surface area contributed by atoms with Crippen LogP contribution in [0.15, 0.2) is 0 Å². The number of nitrogens with two attached hydrogens (primary N) is 1. The van der Waals surface area contributed by atoms with Crippen LogP contribution in [0.2, 0.25) is 0 Å². The van der Waals surface area contributed by atoms with Gasteiger partial charge in [-0.3, -0.25) is 4.79 Å². The standard InChI is InChI=1S/C12H20N4O2S/c1-6(5-7(2)17)14-11(18)9-10(13)16-12(19-9)15-8-3-4-8/h6-8,17H,3-5,13H2,1-2H3,(H,14,18)(H,15,16). The second-order valence-corrected chi connectivity index (χ2v) is 6.11. The van der Waals surface area contributed by atoms with Crippen LogP contribution in [-0.4, -0.2) is 34.2 Å². The molecule has 6 nitrogen and oxygen atoms in total. The molecule has 2 rings (SSSR count). The smallest absolute Gasteiger partial charge is 0.265 e. The number of carbonyl (C=O) groups is 1. The van der Waals surface area contributed by atoms with E-state index in [0.29, 0.717) is 22.5 Å². The number of aliphatic hydroxyl groups is 1. The number of nitrogens with zero attached hydrogens (tertiary/aromatic N) is 1. The molecule has 1 saturated carbocycles. The van der Waals surface area contributed by atoms with Crippen molar-refractivity contribution in [3.8, 4) is 0 Å². The van der Waals surface area contributed by atoms with E-state index < -0.39 is 6.10 Å². The highest BCUT2D eigenvalue weighted by Gasteiger charge is 2.24. The molecule has 0 saturated heterocycles. The molecule has 106 valence electrons. The summed E-state index contributed by atoms with van der Waals surface area (Å²) >= 11 is 1.28. The molecule has 2 unspecified atom stereocenters. The number of carbonyl (C=O) groups excluding carboxylic acids is 1. The summed E-state index contributed by atoms with van der Waals surface area (Å²) in [6.07, 6.45) is 2.36. The Morgan fingerprint density at radius 2 is 2.26 bits per heavy atom. The van der Waals surface area contributed by atoms with E-state index >= 15 is 0 Å². The van der Waals surface area contributed by atoms with Crippen LogP contribution in [0, 0.1) is 0 Å². The third kappa shape index (κ3) is 4.07. The number of hydrogen-bond acceptors (Lipinski definition) is 6. The molecule has 1 aliphatic rings. The lowest BCUT2D eigenvalue weighted by Crippen LogP contribution is -2.34. The first kappa shape index (κ1) is 14.1. The highest BCUT2D eigenvalue weighted by molar-refractivity contribution is 7.18. The van der Waals surface area contributed by atoms with E-state index in [1.54, 1.807) is 6.92 Å². The molecule has 0 aliphatic heterocycles. The van der Waals surface area contributed by atoms with E-state index in [4.69, 9.17) is 5.73 Å². The number of anilines is 2. The number of hydrogen-bond donors (Lipinski definition) is 4. The number of aliphatic hydroxyl groups excluding tert-OH is 1. The van der Waals surface area contributed by atoms with Crippen molar-refractivity contribution >= 4 is 28.2 Å². The summed E-state index contributed by atoms with van der Waals surface area (Å²) in [4.78, 5) is 16.6. The van der Waals surface area contributed by atoms with E-state index in [-0.39, 0.29) is 17.8 Å². The van der Waals surface area contributed by atoms with Crippen molar-refractivity contribution in [1.82, 2.24) is 10.3 Å². The number of amides is 1. The Kier molecular flexibility index (Phi) is 4.26. The molecule has 19 heavy (non-hydrogen) atoms. The van der Waals surface area contributed by atoms with Crippen molar-refractivity contribution in [3.05, 3.63) is 4.88 Å². The normalized spacial score (nSPS) is 17.8. The summed E-state index contributed by atoms with van der Waals surface area (Å²) in [6, 6.07) is 0.379. The van der Waals surface area contributed by atoms with Gasteiger partial charge in [0.05, 0.1) is 6.10 Å². The Hall–Kier alpha value is -1.34. The Morgan fingerprint density at radius 1 is 1.58 bits per heavy atom. The zero-order valence-corrected chi connectivity index (χ0v) is 12.0. The lowest BCUT2D eigenvalue weighted by molar-refractivity contribution is 0.0928. The zero-order valence-electron chi connectivity index (χ0n) is 11.1. The minimum absolute atomic E-state index is 0.103. The summed E-state index contributed by atoms with van der Waals surface area (Å²) in [5.41, 5.74) is 5.76. The van der Waals surface area contributed by atoms with Crippen molar-refractivity contribution in [1.29, 1.82) is 0 Å². The van der Waals surface area contributed by atoms with Crippen molar-refractivity contribution < 1.29 is 9.90 Å². The SMILES string of the molecule is CC(O)CC(C)NC(=O)c1sc(NC2CC2)nc1N. The molecular weight excluding hydrogens is 264 g/mol. The van der Waals surface area contributed by atoms with Gasteiger partial charge >= 0.3 is 0 Å². The lowest BCUT2D eigenvalue weighted by Gasteiger charge is -2.14. The van der Waals surface area contributed by atoms with Crippen LogP contribution in [0.4, 0.5) is 10.9 Å². The fraction of sp³-hybridized carbons (Fsp3) is 0.667. The molecule has 1 aromatic heterocycles. The van der Waals surface area contributed by atoms with Gasteiger partial charge in [-0.25, -0.2) is 4.98 Å². The second-order valence-electron chi connectivity index (χ2n) is 5.11. The predicted octanol–water partition coefficient (Wildman–Crippen LogP) is 1.19. The largest absolute Gasteiger partial charge is 0.393 e. The topological polar surface area (TPSA) is 100 Å². The molecule has 5 N–H and O–H groups in total. The van der Waals surface area contributed by atoms with Crippen LogP contribution in [-0.2, 0) is 0 Å². The number of nitrogens with one attached hydrogen (secondary N) is 2. The van der Waals surface area contributed by atoms with Crippen molar-refractivity contribution in [2.45, 2.75) is 51.3 Å². The van der Waals surface area contributed by atoms with Gasteiger partial charge in [0.25, 0.3) is 5.91 Å². The third-order valence-corrected chi connectivity index (χ3v) is 3.84. The molecule has 0 radical (unpaired) electrons. The van der Waals surface area contributed by atoms with Gasteiger partial charge < -0.3 is 21.5 Å². The van der Waals surface area contributed by atoms with Gasteiger partial charge in [0.1, 0.15) is 10.7 Å². The van der Waals surface area contributed by atoms with Crippen molar-refractivity contribution in [2.75, 3.05) is 11.1 Å². The maximum atomic E-state index is 12.0. The van der Waals surface area contributed by atoms with Gasteiger partial charge in [0.2, 0.25) is 0 Å². The highest BCUT2D eigenvalue weighted by atomic mass is 32.1. The van der Waals surface area contributed by atoms with Crippen LogP contribution >= 0.6 is 11.3 Å². The van der Waals surface area contributed by atoms with Gasteiger partial charge in [-0.05, 0) is 33.1 Å². The summed E-state index contributed by atoms with van der Waals surface area (Å²) in [6.45, 7) is 3.55. The van der Waals surface area contributed by atoms with E-state index in [1.807, 2.05) is 6.92 Å². The Balaban J connectivity index is 1.95. The molecule has 0 spiro atoms. The molecule has 2 atom stereocenters. The fourth-order valence-corrected chi connectivity index (χ4v) is 2.68. The monoisotopic (exact) mass is 284 g/mol. The number of aromatic nitrogens is 1. The number of rotatable bonds is 6. The first-order chi connectivity index (χ1) is 8.95. The Morgan fingerprint density at radius 3 is 2.84 bits per heavy atom. The van der Waals surface area contributed by atoms with Crippen LogP contribution in [0.1, 0.15) is 42.8 Å². The Labute approximate surface area is 116 Å². The summed E-state index contributed by atoms with van der Waals surface area (Å²) < 4.78 is 0. The lowest BCUT2D eigenvalue weighted by atomic mass is 10.1. The van der Waals surface area contributed by atoms with Crippen molar-refractivity contribution in [3.63, 3.8) is 0 Å². The molecule has 1 amide bonds. The van der Waals surface area contributed by atoms with Crippen LogP contribution in [0.25, 0.3) is 0 Å². The minimum Gasteiger partial charge on any atom is -0.393 e. The van der Waals surface area contributed by atoms with E-state index in [9.17, 15) is 9.90 Å². The summed E-state index contributed by atoms with van der Waals surface area (Å²) in [7, 11) is 0. The minimum atomic E-state index is -0.443. The molecule has 7 heteroatoms. The maximum Gasteiger partial charge on any atom is 0.265 e. The van der Waals surface area contributed by atoms with Gasteiger partial charge in [0, 0.05) is 12.1 Å². The first-order valence-electron chi connectivity index (χ1n) is 6.47. The third-order valence-electron chi connectivity index (χ3n) is 2.84. The highest BCUT2D eigenvalue weighted by Crippen LogP contribution is 2.30. The van der Waals surface area contributed by atoms with Crippen molar-refractivity contribution in [2.24, 2.45) is 0 Å². The molecule has 0 aromatic carbocycles. The van der Waals surface area contributed by atoms with Gasteiger partial charge in [-0.2, -0.15) is 0 Å². The van der Waals surface area contributed by atoms with Gasteiger partial charge in [-0.15, -0.1) is 0 Å². The van der Waals surface area contributed by atoms with Crippen LogP contribution < -0.4 is 16.4 Å². The van der Waals surface area contributed by atoms with Gasteiger partial charge in [0.15, 0.2) is 5.13 Å². The molecule has 1 fully saturated rings. The zero-order chi connectivity index (χ0) is 14.0. The predicted molar refractivity (Wildman–Crippen MR) is 76.4 cm³/mol.